The molecule has 5 N–H and O–H groups in total. The molecule has 2 aliphatic rings. The lowest BCUT2D eigenvalue weighted by atomic mass is 9.74. The summed E-state index contributed by atoms with van der Waals surface area (Å²) < 4.78 is 0. The van der Waals surface area contributed by atoms with Gasteiger partial charge in [0.2, 0.25) is 0 Å². The van der Waals surface area contributed by atoms with Gasteiger partial charge in [-0.15, -0.1) is 0 Å². The lowest BCUT2D eigenvalue weighted by Gasteiger charge is -2.38. The van der Waals surface area contributed by atoms with E-state index in [1.165, 1.54) is 64.2 Å². The number of amides is 2. The molecule has 134 valence electrons. The van der Waals surface area contributed by atoms with E-state index in [9.17, 15) is 9.90 Å². The van der Waals surface area contributed by atoms with Gasteiger partial charge < -0.3 is 21.5 Å². The summed E-state index contributed by atoms with van der Waals surface area (Å²) in [6.07, 6.45) is 11.6. The van der Waals surface area contributed by atoms with Crippen LogP contribution in [0.5, 0.6) is 0 Å². The van der Waals surface area contributed by atoms with Crippen molar-refractivity contribution < 1.29 is 9.90 Å². The van der Waals surface area contributed by atoms with Crippen LogP contribution >= 0.6 is 0 Å². The third-order valence-corrected chi connectivity index (χ3v) is 5.59. The number of hydrogen-bond donors (Lipinski definition) is 4. The van der Waals surface area contributed by atoms with E-state index in [1.807, 2.05) is 0 Å². The number of nitrogens with one attached hydrogen (secondary N) is 2. The van der Waals surface area contributed by atoms with Gasteiger partial charge in [0.15, 0.2) is 0 Å². The van der Waals surface area contributed by atoms with Crippen molar-refractivity contribution in [3.63, 3.8) is 0 Å². The summed E-state index contributed by atoms with van der Waals surface area (Å²) in [5, 5.41) is 15.8. The van der Waals surface area contributed by atoms with E-state index in [0.717, 1.165) is 0 Å². The first kappa shape index (κ1) is 18.5. The molecule has 0 spiro atoms. The standard InChI is InChI=1S/C18H35N3O2/c1-18(2,19)16(22)21-17(23)20-15(13-9-5-3-6-10-13)14-11-7-4-8-12-14/h13-16,22H,3-12,19H2,1-2H3,(H2,20,21,23). The quantitative estimate of drug-likeness (QED) is 0.586. The second kappa shape index (κ2) is 8.34. The Kier molecular flexibility index (Phi) is 6.72. The summed E-state index contributed by atoms with van der Waals surface area (Å²) in [6.45, 7) is 3.41. The summed E-state index contributed by atoms with van der Waals surface area (Å²) in [5.41, 5.74) is 5.01. The second-order valence-electron chi connectivity index (χ2n) is 8.16. The summed E-state index contributed by atoms with van der Waals surface area (Å²) in [5.74, 6) is 1.17. The topological polar surface area (TPSA) is 87.4 Å². The van der Waals surface area contributed by atoms with E-state index in [2.05, 4.69) is 10.6 Å². The van der Waals surface area contributed by atoms with Crippen molar-refractivity contribution in [1.82, 2.24) is 10.6 Å². The Morgan fingerprint density at radius 1 is 0.957 bits per heavy atom. The molecule has 1 unspecified atom stereocenters. The highest BCUT2D eigenvalue weighted by atomic mass is 16.3. The van der Waals surface area contributed by atoms with Gasteiger partial charge in [0.25, 0.3) is 0 Å². The van der Waals surface area contributed by atoms with Gasteiger partial charge in [-0.2, -0.15) is 0 Å². The Labute approximate surface area is 140 Å². The molecule has 5 heteroatoms. The maximum absolute atomic E-state index is 12.4. The average molecular weight is 325 g/mol. The Bertz CT molecular complexity index is 351. The highest BCUT2D eigenvalue weighted by Gasteiger charge is 2.33. The van der Waals surface area contributed by atoms with Gasteiger partial charge in [-0.3, -0.25) is 0 Å². The maximum Gasteiger partial charge on any atom is 0.317 e. The molecule has 2 aliphatic carbocycles. The van der Waals surface area contributed by atoms with E-state index < -0.39 is 11.8 Å². The Balaban J connectivity index is 1.97. The second-order valence-corrected chi connectivity index (χ2v) is 8.16. The average Bonchev–Trinajstić information content (AvgIpc) is 2.53. The molecule has 0 saturated heterocycles. The van der Waals surface area contributed by atoms with Crippen molar-refractivity contribution in [1.29, 1.82) is 0 Å². The zero-order valence-electron chi connectivity index (χ0n) is 14.8. The fraction of sp³-hybridized carbons (Fsp3) is 0.944. The molecule has 0 aromatic carbocycles. The predicted octanol–water partition coefficient (Wildman–Crippen LogP) is 2.87. The zero-order chi connectivity index (χ0) is 16.9. The fourth-order valence-corrected chi connectivity index (χ4v) is 4.11. The van der Waals surface area contributed by atoms with Crippen LogP contribution in [0.3, 0.4) is 0 Å². The van der Waals surface area contributed by atoms with Crippen molar-refractivity contribution >= 4 is 6.03 Å². The molecule has 0 bridgehead atoms. The summed E-state index contributed by atoms with van der Waals surface area (Å²) >= 11 is 0. The van der Waals surface area contributed by atoms with E-state index in [-0.39, 0.29) is 12.1 Å². The van der Waals surface area contributed by atoms with Gasteiger partial charge in [0.1, 0.15) is 6.23 Å². The van der Waals surface area contributed by atoms with Crippen molar-refractivity contribution in [3.05, 3.63) is 0 Å². The summed E-state index contributed by atoms with van der Waals surface area (Å²) in [4.78, 5) is 12.4. The molecular weight excluding hydrogens is 290 g/mol. The fourth-order valence-electron chi connectivity index (χ4n) is 4.11. The Hall–Kier alpha value is -0.810. The Morgan fingerprint density at radius 2 is 1.39 bits per heavy atom. The number of urea groups is 1. The van der Waals surface area contributed by atoms with Crippen LogP contribution in [0.1, 0.15) is 78.1 Å². The molecule has 5 nitrogen and oxygen atoms in total. The summed E-state index contributed by atoms with van der Waals surface area (Å²) in [6, 6.07) is -0.0409. The third-order valence-electron chi connectivity index (χ3n) is 5.59. The van der Waals surface area contributed by atoms with Crippen molar-refractivity contribution in [3.8, 4) is 0 Å². The molecule has 2 amide bonds. The predicted molar refractivity (Wildman–Crippen MR) is 92.9 cm³/mol. The lowest BCUT2D eigenvalue weighted by molar-refractivity contribution is 0.0766. The van der Waals surface area contributed by atoms with Crippen LogP contribution in [0.15, 0.2) is 0 Å². The van der Waals surface area contributed by atoms with Crippen LogP contribution in [0.4, 0.5) is 4.79 Å². The minimum atomic E-state index is -1.04. The van der Waals surface area contributed by atoms with E-state index in [0.29, 0.717) is 11.8 Å². The van der Waals surface area contributed by atoms with Crippen molar-refractivity contribution in [2.75, 3.05) is 0 Å². The van der Waals surface area contributed by atoms with Gasteiger partial charge in [0.05, 0.1) is 5.54 Å². The molecule has 0 aromatic heterocycles. The number of aliphatic hydroxyl groups excluding tert-OH is 1. The number of hydrogen-bond acceptors (Lipinski definition) is 3. The van der Waals surface area contributed by atoms with Crippen molar-refractivity contribution in [2.24, 2.45) is 17.6 Å². The molecule has 1 atom stereocenters. The molecule has 0 aromatic rings. The van der Waals surface area contributed by atoms with E-state index in [4.69, 9.17) is 5.73 Å². The molecule has 2 fully saturated rings. The highest BCUT2D eigenvalue weighted by molar-refractivity contribution is 5.74. The van der Waals surface area contributed by atoms with Gasteiger partial charge in [-0.1, -0.05) is 38.5 Å². The maximum atomic E-state index is 12.4. The number of nitrogens with two attached hydrogens (primary N) is 1. The first-order valence-corrected chi connectivity index (χ1v) is 9.42. The van der Waals surface area contributed by atoms with Gasteiger partial charge in [-0.25, -0.2) is 4.79 Å². The van der Waals surface area contributed by atoms with Crippen LogP contribution in [0, 0.1) is 11.8 Å². The molecule has 0 radical (unpaired) electrons. The van der Waals surface area contributed by atoms with Gasteiger partial charge in [-0.05, 0) is 51.4 Å². The van der Waals surface area contributed by atoms with Gasteiger partial charge >= 0.3 is 6.03 Å². The monoisotopic (exact) mass is 325 g/mol. The number of aliphatic hydroxyl groups is 1. The molecule has 0 aliphatic heterocycles. The highest BCUT2D eigenvalue weighted by Crippen LogP contribution is 2.35. The Morgan fingerprint density at radius 3 is 1.78 bits per heavy atom. The molecule has 0 heterocycles. The molecule has 23 heavy (non-hydrogen) atoms. The van der Waals surface area contributed by atoms with E-state index in [1.54, 1.807) is 13.8 Å². The number of rotatable bonds is 5. The first-order valence-electron chi connectivity index (χ1n) is 9.42. The van der Waals surface area contributed by atoms with E-state index >= 15 is 0 Å². The number of carbonyl (C=O) groups excluding carboxylic acids is 1. The van der Waals surface area contributed by atoms with Crippen LogP contribution in [0.2, 0.25) is 0 Å². The smallest absolute Gasteiger partial charge is 0.317 e. The third kappa shape index (κ3) is 5.64. The summed E-state index contributed by atoms with van der Waals surface area (Å²) in [7, 11) is 0. The largest absolute Gasteiger partial charge is 0.372 e. The van der Waals surface area contributed by atoms with Crippen LogP contribution in [-0.4, -0.2) is 28.9 Å². The first-order chi connectivity index (χ1) is 10.9. The van der Waals surface area contributed by atoms with Crippen LogP contribution < -0.4 is 16.4 Å². The zero-order valence-corrected chi connectivity index (χ0v) is 14.8. The molecule has 2 saturated carbocycles. The van der Waals surface area contributed by atoms with Crippen molar-refractivity contribution in [2.45, 2.75) is 95.9 Å². The normalized spacial score (nSPS) is 22.8. The lowest BCUT2D eigenvalue weighted by Crippen LogP contribution is -2.59. The number of carbonyl (C=O) groups is 1. The van der Waals surface area contributed by atoms with Crippen LogP contribution in [-0.2, 0) is 0 Å². The molecule has 2 rings (SSSR count). The van der Waals surface area contributed by atoms with Crippen LogP contribution in [0.25, 0.3) is 0 Å². The van der Waals surface area contributed by atoms with Gasteiger partial charge in [0, 0.05) is 6.04 Å². The molecular formula is C18H35N3O2. The minimum Gasteiger partial charge on any atom is -0.372 e. The minimum absolute atomic E-state index is 0.240. The SMILES string of the molecule is CC(C)(N)C(O)NC(=O)NC(C1CCCCC1)C1CCCCC1.